The van der Waals surface area contributed by atoms with E-state index in [4.69, 9.17) is 11.6 Å². The molecule has 1 saturated carbocycles. The summed E-state index contributed by atoms with van der Waals surface area (Å²) in [7, 11) is 0. The quantitative estimate of drug-likeness (QED) is 0.768. The maximum Gasteiger partial charge on any atom is 0.131 e. The normalized spacial score (nSPS) is 18.3. The van der Waals surface area contributed by atoms with E-state index in [1.165, 1.54) is 38.5 Å². The molecule has 3 heteroatoms. The van der Waals surface area contributed by atoms with E-state index in [2.05, 4.69) is 5.32 Å². The Kier molecular flexibility index (Phi) is 5.90. The van der Waals surface area contributed by atoms with Crippen LogP contribution in [0.25, 0.3) is 0 Å². The third kappa shape index (κ3) is 4.82. The molecule has 0 aromatic heterocycles. The predicted molar refractivity (Wildman–Crippen MR) is 85.4 cm³/mol. The summed E-state index contributed by atoms with van der Waals surface area (Å²) in [5.74, 6) is 0.873. The lowest BCUT2D eigenvalue weighted by Gasteiger charge is -2.27. The van der Waals surface area contributed by atoms with E-state index >= 15 is 0 Å². The summed E-state index contributed by atoms with van der Waals surface area (Å²) < 4.78 is 0. The maximum atomic E-state index is 11.6. The molecule has 20 heavy (non-hydrogen) atoms. The zero-order chi connectivity index (χ0) is 14.4. The van der Waals surface area contributed by atoms with Gasteiger partial charge in [-0.15, -0.1) is 0 Å². The number of rotatable bonds is 5. The fourth-order valence-electron chi connectivity index (χ4n) is 3.12. The molecule has 0 unspecified atom stereocenters. The molecular weight excluding hydrogens is 270 g/mol. The lowest BCUT2D eigenvalue weighted by atomic mass is 9.88. The van der Waals surface area contributed by atoms with E-state index in [0.29, 0.717) is 12.3 Å². The van der Waals surface area contributed by atoms with Crippen LogP contribution >= 0.6 is 11.6 Å². The van der Waals surface area contributed by atoms with Crippen molar-refractivity contribution in [3.63, 3.8) is 0 Å². The Labute approximate surface area is 126 Å². The predicted octanol–water partition coefficient (Wildman–Crippen LogP) is 5.07. The van der Waals surface area contributed by atoms with Crippen LogP contribution in [0.1, 0.15) is 51.9 Å². The molecule has 0 heterocycles. The Bertz CT molecular complexity index is 421. The number of anilines is 1. The highest BCUT2D eigenvalue weighted by Crippen LogP contribution is 2.29. The number of Topliss-reactive ketones (excluding diaryl/α,β-unsaturated/α-hetero) is 1. The number of carbonyl (C=O) groups excluding carboxylic acids is 1. The third-order valence-electron chi connectivity index (χ3n) is 4.17. The van der Waals surface area contributed by atoms with Crippen molar-refractivity contribution >= 4 is 23.1 Å². The van der Waals surface area contributed by atoms with Crippen molar-refractivity contribution < 1.29 is 4.79 Å². The largest absolute Gasteiger partial charge is 0.382 e. The van der Waals surface area contributed by atoms with Gasteiger partial charge in [-0.25, -0.2) is 0 Å². The molecule has 1 aromatic rings. The van der Waals surface area contributed by atoms with E-state index in [1.807, 2.05) is 24.3 Å². The molecule has 1 fully saturated rings. The van der Waals surface area contributed by atoms with E-state index in [-0.39, 0.29) is 11.8 Å². The van der Waals surface area contributed by atoms with E-state index < -0.39 is 0 Å². The van der Waals surface area contributed by atoms with Gasteiger partial charge in [-0.3, -0.25) is 4.79 Å². The number of nitrogens with one attached hydrogen (secondary N) is 1. The Morgan fingerprint density at radius 1 is 1.20 bits per heavy atom. The Balaban J connectivity index is 2.05. The molecule has 2 nitrogen and oxygen atoms in total. The molecular formula is C17H24ClNO. The van der Waals surface area contributed by atoms with Crippen LogP contribution in [-0.4, -0.2) is 11.8 Å². The van der Waals surface area contributed by atoms with Crippen molar-refractivity contribution in [2.24, 2.45) is 5.92 Å². The van der Waals surface area contributed by atoms with Gasteiger partial charge in [0.2, 0.25) is 0 Å². The number of benzene rings is 1. The lowest BCUT2D eigenvalue weighted by molar-refractivity contribution is -0.117. The molecule has 0 bridgehead atoms. The molecule has 2 rings (SSSR count). The zero-order valence-corrected chi connectivity index (χ0v) is 13.0. The molecule has 1 aromatic carbocycles. The van der Waals surface area contributed by atoms with Crippen LogP contribution in [-0.2, 0) is 4.79 Å². The van der Waals surface area contributed by atoms with Crippen molar-refractivity contribution in [1.82, 2.24) is 0 Å². The fraction of sp³-hybridized carbons (Fsp3) is 0.588. The summed E-state index contributed by atoms with van der Waals surface area (Å²) in [5, 5.41) is 4.30. The van der Waals surface area contributed by atoms with Crippen LogP contribution in [0.4, 0.5) is 5.69 Å². The monoisotopic (exact) mass is 293 g/mol. The molecule has 0 radical (unpaired) electrons. The fourth-order valence-corrected chi connectivity index (χ4v) is 3.24. The molecule has 0 saturated heterocycles. The minimum Gasteiger partial charge on any atom is -0.382 e. The van der Waals surface area contributed by atoms with Crippen molar-refractivity contribution in [1.29, 1.82) is 0 Å². The van der Waals surface area contributed by atoms with Crippen LogP contribution in [0.5, 0.6) is 0 Å². The van der Waals surface area contributed by atoms with Gasteiger partial charge in [0.15, 0.2) is 0 Å². The van der Waals surface area contributed by atoms with Crippen LogP contribution in [0.3, 0.4) is 0 Å². The molecule has 1 atom stereocenters. The standard InChI is InChI=1S/C17H24ClNO/c1-13(20)12-17(14-6-4-2-3-5-7-14)19-16-10-8-15(18)9-11-16/h8-11,14,17,19H,2-7,12H2,1H3/t17-/m0/s1. The summed E-state index contributed by atoms with van der Waals surface area (Å²) in [6, 6.07) is 8.02. The first-order valence-electron chi connectivity index (χ1n) is 7.66. The Morgan fingerprint density at radius 2 is 1.80 bits per heavy atom. The van der Waals surface area contributed by atoms with E-state index in [1.54, 1.807) is 6.92 Å². The SMILES string of the molecule is CC(=O)C[C@H](Nc1ccc(Cl)cc1)C1CCCCCC1. The van der Waals surface area contributed by atoms with Gasteiger partial charge in [-0.1, -0.05) is 37.3 Å². The molecule has 1 aliphatic rings. The Hall–Kier alpha value is -1.02. The van der Waals surface area contributed by atoms with Gasteiger partial charge in [-0.2, -0.15) is 0 Å². The van der Waals surface area contributed by atoms with Gasteiger partial charge >= 0.3 is 0 Å². The highest BCUT2D eigenvalue weighted by molar-refractivity contribution is 6.30. The molecule has 0 spiro atoms. The molecule has 1 N–H and O–H groups in total. The highest BCUT2D eigenvalue weighted by atomic mass is 35.5. The maximum absolute atomic E-state index is 11.6. The second-order valence-corrected chi connectivity index (χ2v) is 6.35. The molecule has 0 aliphatic heterocycles. The minimum absolute atomic E-state index is 0.256. The number of halogens is 1. The smallest absolute Gasteiger partial charge is 0.131 e. The molecule has 110 valence electrons. The number of hydrogen-bond acceptors (Lipinski definition) is 2. The summed E-state index contributed by atoms with van der Waals surface area (Å²) in [5.41, 5.74) is 1.06. The van der Waals surface area contributed by atoms with Gasteiger partial charge < -0.3 is 5.32 Å². The summed E-state index contributed by atoms with van der Waals surface area (Å²) in [6.07, 6.45) is 8.35. The van der Waals surface area contributed by atoms with Crippen molar-refractivity contribution in [3.8, 4) is 0 Å². The molecule has 1 aliphatic carbocycles. The van der Waals surface area contributed by atoms with Crippen LogP contribution in [0.15, 0.2) is 24.3 Å². The second kappa shape index (κ2) is 7.68. The van der Waals surface area contributed by atoms with Gasteiger partial charge in [-0.05, 0) is 49.9 Å². The van der Waals surface area contributed by atoms with Gasteiger partial charge in [0.25, 0.3) is 0 Å². The summed E-state index contributed by atoms with van der Waals surface area (Å²) >= 11 is 5.92. The summed E-state index contributed by atoms with van der Waals surface area (Å²) in [6.45, 7) is 1.69. The third-order valence-corrected chi connectivity index (χ3v) is 4.42. The topological polar surface area (TPSA) is 29.1 Å². The zero-order valence-electron chi connectivity index (χ0n) is 12.2. The Morgan fingerprint density at radius 3 is 2.35 bits per heavy atom. The average Bonchev–Trinajstić information content (AvgIpc) is 2.69. The van der Waals surface area contributed by atoms with E-state index in [9.17, 15) is 4.79 Å². The minimum atomic E-state index is 0.256. The van der Waals surface area contributed by atoms with Gasteiger partial charge in [0.1, 0.15) is 5.78 Å². The molecule has 0 amide bonds. The highest BCUT2D eigenvalue weighted by Gasteiger charge is 2.23. The number of ketones is 1. The van der Waals surface area contributed by atoms with E-state index in [0.717, 1.165) is 10.7 Å². The number of hydrogen-bond donors (Lipinski definition) is 1. The van der Waals surface area contributed by atoms with Gasteiger partial charge in [0, 0.05) is 23.2 Å². The average molecular weight is 294 g/mol. The van der Waals surface area contributed by atoms with Crippen molar-refractivity contribution in [2.75, 3.05) is 5.32 Å². The van der Waals surface area contributed by atoms with Gasteiger partial charge in [0.05, 0.1) is 0 Å². The number of carbonyl (C=O) groups is 1. The van der Waals surface area contributed by atoms with Crippen LogP contribution in [0, 0.1) is 5.92 Å². The summed E-state index contributed by atoms with van der Waals surface area (Å²) in [4.78, 5) is 11.6. The van der Waals surface area contributed by atoms with Crippen molar-refractivity contribution in [3.05, 3.63) is 29.3 Å². The first kappa shape index (κ1) is 15.4. The first-order chi connectivity index (χ1) is 9.65. The van der Waals surface area contributed by atoms with Crippen molar-refractivity contribution in [2.45, 2.75) is 57.9 Å². The lowest BCUT2D eigenvalue weighted by Crippen LogP contribution is -2.31. The van der Waals surface area contributed by atoms with Crippen LogP contribution < -0.4 is 5.32 Å². The van der Waals surface area contributed by atoms with Crippen LogP contribution in [0.2, 0.25) is 5.02 Å². The first-order valence-corrected chi connectivity index (χ1v) is 8.04. The second-order valence-electron chi connectivity index (χ2n) is 5.92.